The first-order chi connectivity index (χ1) is 11.3. The van der Waals surface area contributed by atoms with Crippen LogP contribution in [0.25, 0.3) is 11.0 Å². The average molecular weight is 314 g/mol. The number of furan rings is 1. The summed E-state index contributed by atoms with van der Waals surface area (Å²) in [6.45, 7) is 3.73. The fourth-order valence-electron chi connectivity index (χ4n) is 3.64. The Kier molecular flexibility index (Phi) is 5.50. The summed E-state index contributed by atoms with van der Waals surface area (Å²) in [4.78, 5) is 12.2. The van der Waals surface area contributed by atoms with E-state index in [4.69, 9.17) is 9.15 Å². The van der Waals surface area contributed by atoms with Crippen molar-refractivity contribution in [1.82, 2.24) is 0 Å². The summed E-state index contributed by atoms with van der Waals surface area (Å²) in [6.07, 6.45) is 7.56. The molecule has 0 bridgehead atoms. The lowest BCUT2D eigenvalue weighted by molar-refractivity contribution is -0.121. The maximum absolute atomic E-state index is 12.2. The number of aryl methyl sites for hydroxylation is 1. The molecule has 0 unspecified atom stereocenters. The molecule has 2 atom stereocenters. The number of hydrogen-bond acceptors (Lipinski definition) is 3. The minimum Gasteiger partial charge on any atom is -0.464 e. The average Bonchev–Trinajstić information content (AvgIpc) is 3.17. The van der Waals surface area contributed by atoms with Crippen LogP contribution in [0.2, 0.25) is 0 Å². The minimum absolute atomic E-state index is 0.166. The fraction of sp³-hybridized carbons (Fsp3) is 0.550. The molecular weight excluding hydrogens is 288 g/mol. The number of carbonyl (C=O) groups is 1. The lowest BCUT2D eigenvalue weighted by Crippen LogP contribution is -2.20. The van der Waals surface area contributed by atoms with Crippen LogP contribution in [0.5, 0.6) is 0 Å². The van der Waals surface area contributed by atoms with E-state index in [2.05, 4.69) is 13.0 Å². The van der Waals surface area contributed by atoms with Crippen molar-refractivity contribution in [3.63, 3.8) is 0 Å². The summed E-state index contributed by atoms with van der Waals surface area (Å²) in [5.41, 5.74) is 2.21. The summed E-state index contributed by atoms with van der Waals surface area (Å²) in [6, 6.07) is 8.18. The van der Waals surface area contributed by atoms with E-state index in [1.165, 1.54) is 10.9 Å². The van der Waals surface area contributed by atoms with Crippen LogP contribution in [0.1, 0.15) is 44.6 Å². The number of fused-ring (bicyclic) bond motifs is 1. The van der Waals surface area contributed by atoms with Crippen LogP contribution < -0.4 is 0 Å². The van der Waals surface area contributed by atoms with Gasteiger partial charge in [0.25, 0.3) is 0 Å². The summed E-state index contributed by atoms with van der Waals surface area (Å²) < 4.78 is 11.2. The van der Waals surface area contributed by atoms with Crippen molar-refractivity contribution in [2.75, 3.05) is 13.2 Å². The summed E-state index contributed by atoms with van der Waals surface area (Å²) in [5.74, 6) is 0.996. The molecular formula is C20H26O3. The molecule has 0 spiro atoms. The van der Waals surface area contributed by atoms with Gasteiger partial charge in [0.1, 0.15) is 11.4 Å². The number of hydrogen-bond donors (Lipinski definition) is 0. The molecule has 0 radical (unpaired) electrons. The molecule has 1 heterocycles. The van der Waals surface area contributed by atoms with E-state index in [0.717, 1.165) is 57.3 Å². The zero-order valence-corrected chi connectivity index (χ0v) is 13.9. The van der Waals surface area contributed by atoms with Gasteiger partial charge in [0.15, 0.2) is 0 Å². The van der Waals surface area contributed by atoms with Crippen LogP contribution in [-0.2, 0) is 16.0 Å². The van der Waals surface area contributed by atoms with Gasteiger partial charge in [-0.25, -0.2) is 0 Å². The van der Waals surface area contributed by atoms with E-state index >= 15 is 0 Å². The second kappa shape index (κ2) is 7.78. The molecule has 3 nitrogen and oxygen atoms in total. The Labute approximate surface area is 138 Å². The maximum Gasteiger partial charge on any atom is 0.136 e. The molecule has 1 aliphatic carbocycles. The lowest BCUT2D eigenvalue weighted by atomic mass is 9.89. The first kappa shape index (κ1) is 16.3. The predicted octanol–water partition coefficient (Wildman–Crippen LogP) is 4.78. The summed E-state index contributed by atoms with van der Waals surface area (Å²) in [7, 11) is 0. The number of ether oxygens (including phenoxy) is 1. The van der Waals surface area contributed by atoms with Gasteiger partial charge in [0.2, 0.25) is 0 Å². The van der Waals surface area contributed by atoms with Crippen molar-refractivity contribution in [3.8, 4) is 0 Å². The Morgan fingerprint density at radius 1 is 1.30 bits per heavy atom. The summed E-state index contributed by atoms with van der Waals surface area (Å²) >= 11 is 0. The SMILES string of the molecule is CCCCOC[C@H]1CCC(=O)[C@@H]1CCc1cccc2occc12. The Morgan fingerprint density at radius 3 is 3.09 bits per heavy atom. The third-order valence-corrected chi connectivity index (χ3v) is 5.03. The molecule has 1 fully saturated rings. The standard InChI is InChI=1S/C20H26O3/c1-2-3-12-22-14-16-8-10-19(21)17(16)9-7-15-5-4-6-20-18(15)11-13-23-20/h4-6,11,13,16-17H,2-3,7-10,12,14H2,1H3/t16-,17-/m1/s1. The van der Waals surface area contributed by atoms with Crippen molar-refractivity contribution in [2.24, 2.45) is 11.8 Å². The van der Waals surface area contributed by atoms with E-state index in [1.54, 1.807) is 6.26 Å². The number of unbranched alkanes of at least 4 members (excludes halogenated alkanes) is 1. The van der Waals surface area contributed by atoms with E-state index in [1.807, 2.05) is 18.2 Å². The molecule has 124 valence electrons. The van der Waals surface area contributed by atoms with Crippen LogP contribution in [0.4, 0.5) is 0 Å². The smallest absolute Gasteiger partial charge is 0.136 e. The molecule has 2 aromatic rings. The van der Waals surface area contributed by atoms with Gasteiger partial charge in [-0.2, -0.15) is 0 Å². The molecule has 1 aromatic carbocycles. The van der Waals surface area contributed by atoms with Crippen molar-refractivity contribution < 1.29 is 13.9 Å². The van der Waals surface area contributed by atoms with E-state index in [0.29, 0.717) is 11.7 Å². The van der Waals surface area contributed by atoms with Crippen LogP contribution >= 0.6 is 0 Å². The Hall–Kier alpha value is -1.61. The highest BCUT2D eigenvalue weighted by molar-refractivity contribution is 5.84. The topological polar surface area (TPSA) is 39.4 Å². The normalized spacial score (nSPS) is 21.3. The van der Waals surface area contributed by atoms with Crippen LogP contribution in [-0.4, -0.2) is 19.0 Å². The monoisotopic (exact) mass is 314 g/mol. The van der Waals surface area contributed by atoms with Crippen molar-refractivity contribution in [2.45, 2.75) is 45.4 Å². The second-order valence-electron chi connectivity index (χ2n) is 6.59. The van der Waals surface area contributed by atoms with Gasteiger partial charge in [-0.15, -0.1) is 0 Å². The Morgan fingerprint density at radius 2 is 2.22 bits per heavy atom. The summed E-state index contributed by atoms with van der Waals surface area (Å²) in [5, 5.41) is 1.17. The van der Waals surface area contributed by atoms with Crippen molar-refractivity contribution in [1.29, 1.82) is 0 Å². The number of carbonyl (C=O) groups excluding carboxylic acids is 1. The molecule has 0 N–H and O–H groups in total. The number of benzene rings is 1. The molecule has 0 aliphatic heterocycles. The quantitative estimate of drug-likeness (QED) is 0.658. The molecule has 0 saturated heterocycles. The zero-order chi connectivity index (χ0) is 16.1. The number of ketones is 1. The highest BCUT2D eigenvalue weighted by Gasteiger charge is 2.34. The minimum atomic E-state index is 0.166. The van der Waals surface area contributed by atoms with Gasteiger partial charge in [-0.3, -0.25) is 4.79 Å². The fourth-order valence-corrected chi connectivity index (χ4v) is 3.64. The molecule has 23 heavy (non-hydrogen) atoms. The van der Waals surface area contributed by atoms with Gasteiger partial charge < -0.3 is 9.15 Å². The zero-order valence-electron chi connectivity index (χ0n) is 13.9. The first-order valence-electron chi connectivity index (χ1n) is 8.85. The molecule has 3 heteroatoms. The van der Waals surface area contributed by atoms with Crippen LogP contribution in [0.15, 0.2) is 34.9 Å². The molecule has 1 saturated carbocycles. The third kappa shape index (κ3) is 3.84. The van der Waals surface area contributed by atoms with E-state index in [9.17, 15) is 4.79 Å². The highest BCUT2D eigenvalue weighted by atomic mass is 16.5. The van der Waals surface area contributed by atoms with E-state index in [-0.39, 0.29) is 5.92 Å². The van der Waals surface area contributed by atoms with Gasteiger partial charge in [0, 0.05) is 24.3 Å². The van der Waals surface area contributed by atoms with Gasteiger partial charge in [-0.05, 0) is 49.3 Å². The molecule has 1 aliphatic rings. The van der Waals surface area contributed by atoms with Crippen LogP contribution in [0, 0.1) is 11.8 Å². The lowest BCUT2D eigenvalue weighted by Gasteiger charge is -2.18. The molecule has 3 rings (SSSR count). The Bertz CT molecular complexity index is 643. The highest BCUT2D eigenvalue weighted by Crippen LogP contribution is 2.33. The third-order valence-electron chi connectivity index (χ3n) is 5.03. The predicted molar refractivity (Wildman–Crippen MR) is 91.5 cm³/mol. The van der Waals surface area contributed by atoms with Gasteiger partial charge >= 0.3 is 0 Å². The van der Waals surface area contributed by atoms with Gasteiger partial charge in [0.05, 0.1) is 12.9 Å². The number of rotatable bonds is 8. The first-order valence-corrected chi connectivity index (χ1v) is 8.85. The van der Waals surface area contributed by atoms with Crippen LogP contribution in [0.3, 0.4) is 0 Å². The van der Waals surface area contributed by atoms with E-state index < -0.39 is 0 Å². The van der Waals surface area contributed by atoms with Crippen molar-refractivity contribution >= 4 is 16.8 Å². The van der Waals surface area contributed by atoms with Crippen molar-refractivity contribution in [3.05, 3.63) is 36.1 Å². The number of Topliss-reactive ketones (excluding diaryl/α,β-unsaturated/α-hetero) is 1. The molecule has 0 amide bonds. The Balaban J connectivity index is 1.59. The maximum atomic E-state index is 12.2. The van der Waals surface area contributed by atoms with Gasteiger partial charge in [-0.1, -0.05) is 25.5 Å². The largest absolute Gasteiger partial charge is 0.464 e. The second-order valence-corrected chi connectivity index (χ2v) is 6.59. The molecule has 1 aromatic heterocycles.